The van der Waals surface area contributed by atoms with Crippen LogP contribution in [-0.2, 0) is 9.53 Å². The van der Waals surface area contributed by atoms with Gasteiger partial charge in [0.1, 0.15) is 0 Å². The first-order chi connectivity index (χ1) is 6.74. The smallest absolute Gasteiger partial charge is 0.305 e. The highest BCUT2D eigenvalue weighted by atomic mass is 16.5. The van der Waals surface area contributed by atoms with Crippen molar-refractivity contribution in [2.45, 2.75) is 59.3 Å². The summed E-state index contributed by atoms with van der Waals surface area (Å²) in [4.78, 5) is 10.9. The summed E-state index contributed by atoms with van der Waals surface area (Å²) in [6.07, 6.45) is 6.54. The van der Waals surface area contributed by atoms with E-state index in [2.05, 4.69) is 13.8 Å². The summed E-state index contributed by atoms with van der Waals surface area (Å²) in [6.45, 7) is 6.86. The number of hydrogen-bond donors (Lipinski definition) is 0. The second-order valence-corrected chi connectivity index (χ2v) is 3.78. The predicted octanol–water partition coefficient (Wildman–Crippen LogP) is 3.55. The lowest BCUT2D eigenvalue weighted by molar-refractivity contribution is -0.143. The van der Waals surface area contributed by atoms with E-state index in [0.29, 0.717) is 13.0 Å². The van der Waals surface area contributed by atoms with Gasteiger partial charge in [-0.1, -0.05) is 46.5 Å². The van der Waals surface area contributed by atoms with Gasteiger partial charge in [0, 0.05) is 6.42 Å². The third kappa shape index (κ3) is 6.93. The van der Waals surface area contributed by atoms with Crippen LogP contribution in [0, 0.1) is 5.92 Å². The van der Waals surface area contributed by atoms with Crippen LogP contribution in [0.4, 0.5) is 0 Å². The zero-order valence-corrected chi connectivity index (χ0v) is 9.84. The van der Waals surface area contributed by atoms with E-state index in [1.807, 2.05) is 6.92 Å². The molecule has 2 nitrogen and oxygen atoms in total. The Morgan fingerprint density at radius 3 is 2.43 bits per heavy atom. The molecule has 2 heteroatoms. The Bertz CT molecular complexity index is 143. The number of carbonyl (C=O) groups is 1. The zero-order valence-electron chi connectivity index (χ0n) is 9.84. The van der Waals surface area contributed by atoms with E-state index >= 15 is 0 Å². The van der Waals surface area contributed by atoms with E-state index in [0.717, 1.165) is 12.3 Å². The molecule has 0 saturated heterocycles. The first kappa shape index (κ1) is 13.5. The minimum absolute atomic E-state index is 0.0738. The summed E-state index contributed by atoms with van der Waals surface area (Å²) in [5, 5.41) is 0. The van der Waals surface area contributed by atoms with Crippen LogP contribution in [0.2, 0.25) is 0 Å². The molecule has 0 spiro atoms. The van der Waals surface area contributed by atoms with Crippen molar-refractivity contribution in [3.05, 3.63) is 0 Å². The molecule has 14 heavy (non-hydrogen) atoms. The molecule has 1 atom stereocenters. The van der Waals surface area contributed by atoms with Crippen molar-refractivity contribution in [3.8, 4) is 0 Å². The quantitative estimate of drug-likeness (QED) is 0.560. The zero-order chi connectivity index (χ0) is 10.8. The van der Waals surface area contributed by atoms with Crippen LogP contribution in [0.15, 0.2) is 0 Å². The molecule has 0 amide bonds. The van der Waals surface area contributed by atoms with Crippen molar-refractivity contribution in [1.82, 2.24) is 0 Å². The highest BCUT2D eigenvalue weighted by Gasteiger charge is 2.06. The summed E-state index contributed by atoms with van der Waals surface area (Å²) in [7, 11) is 0. The number of esters is 1. The van der Waals surface area contributed by atoms with E-state index in [9.17, 15) is 4.79 Å². The Morgan fingerprint density at radius 1 is 1.21 bits per heavy atom. The van der Waals surface area contributed by atoms with Gasteiger partial charge in [0.15, 0.2) is 0 Å². The SMILES string of the molecule is CCCCC(CC)CCOC(=O)CC. The molecule has 84 valence electrons. The lowest BCUT2D eigenvalue weighted by Crippen LogP contribution is -2.08. The summed E-state index contributed by atoms with van der Waals surface area (Å²) in [5.41, 5.74) is 0. The summed E-state index contributed by atoms with van der Waals surface area (Å²) >= 11 is 0. The minimum atomic E-state index is -0.0738. The largest absolute Gasteiger partial charge is 0.466 e. The Balaban J connectivity index is 3.46. The fourth-order valence-electron chi connectivity index (χ4n) is 1.49. The van der Waals surface area contributed by atoms with E-state index < -0.39 is 0 Å². The molecular formula is C12H24O2. The molecule has 0 saturated carbocycles. The van der Waals surface area contributed by atoms with Crippen molar-refractivity contribution >= 4 is 5.97 Å². The van der Waals surface area contributed by atoms with Gasteiger partial charge in [-0.25, -0.2) is 0 Å². The van der Waals surface area contributed by atoms with E-state index in [1.165, 1.54) is 25.7 Å². The molecule has 0 aromatic rings. The highest BCUT2D eigenvalue weighted by Crippen LogP contribution is 2.16. The van der Waals surface area contributed by atoms with Crippen LogP contribution in [0.3, 0.4) is 0 Å². The molecule has 0 aromatic carbocycles. The number of rotatable bonds is 8. The van der Waals surface area contributed by atoms with Crippen LogP contribution < -0.4 is 0 Å². The van der Waals surface area contributed by atoms with Crippen LogP contribution >= 0.6 is 0 Å². The van der Waals surface area contributed by atoms with Crippen molar-refractivity contribution in [1.29, 1.82) is 0 Å². The molecule has 0 N–H and O–H groups in total. The maximum absolute atomic E-state index is 10.9. The fourth-order valence-corrected chi connectivity index (χ4v) is 1.49. The average Bonchev–Trinajstić information content (AvgIpc) is 2.22. The second kappa shape index (κ2) is 9.04. The highest BCUT2D eigenvalue weighted by molar-refractivity contribution is 5.68. The molecule has 0 rings (SSSR count). The molecule has 0 fully saturated rings. The first-order valence-electron chi connectivity index (χ1n) is 5.90. The molecule has 1 unspecified atom stereocenters. The maximum atomic E-state index is 10.9. The second-order valence-electron chi connectivity index (χ2n) is 3.78. The van der Waals surface area contributed by atoms with Crippen molar-refractivity contribution in [3.63, 3.8) is 0 Å². The summed E-state index contributed by atoms with van der Waals surface area (Å²) in [5.74, 6) is 0.662. The van der Waals surface area contributed by atoms with Crippen LogP contribution in [0.25, 0.3) is 0 Å². The van der Waals surface area contributed by atoms with Gasteiger partial charge in [-0.05, 0) is 12.3 Å². The molecule has 0 aromatic heterocycles. The predicted molar refractivity (Wildman–Crippen MR) is 59.2 cm³/mol. The van der Waals surface area contributed by atoms with Crippen LogP contribution in [-0.4, -0.2) is 12.6 Å². The van der Waals surface area contributed by atoms with Crippen molar-refractivity contribution < 1.29 is 9.53 Å². The molecule has 0 bridgehead atoms. The fraction of sp³-hybridized carbons (Fsp3) is 0.917. The molecule has 0 aliphatic rings. The first-order valence-corrected chi connectivity index (χ1v) is 5.90. The lowest BCUT2D eigenvalue weighted by atomic mass is 9.96. The molecule has 0 heterocycles. The van der Waals surface area contributed by atoms with E-state index in [-0.39, 0.29) is 5.97 Å². The van der Waals surface area contributed by atoms with Crippen LogP contribution in [0.1, 0.15) is 59.3 Å². The van der Waals surface area contributed by atoms with E-state index in [1.54, 1.807) is 0 Å². The molecule has 0 radical (unpaired) electrons. The number of unbranched alkanes of at least 4 members (excludes halogenated alkanes) is 1. The van der Waals surface area contributed by atoms with Gasteiger partial charge in [-0.2, -0.15) is 0 Å². The normalized spacial score (nSPS) is 12.5. The monoisotopic (exact) mass is 200 g/mol. The summed E-state index contributed by atoms with van der Waals surface area (Å²) < 4.78 is 5.06. The maximum Gasteiger partial charge on any atom is 0.305 e. The third-order valence-corrected chi connectivity index (χ3v) is 2.62. The van der Waals surface area contributed by atoms with Crippen LogP contribution in [0.5, 0.6) is 0 Å². The Labute approximate surface area is 88.0 Å². The Kier molecular flexibility index (Phi) is 8.70. The summed E-state index contributed by atoms with van der Waals surface area (Å²) in [6, 6.07) is 0. The molecule has 0 aliphatic heterocycles. The van der Waals surface area contributed by atoms with Gasteiger partial charge >= 0.3 is 5.97 Å². The van der Waals surface area contributed by atoms with Crippen molar-refractivity contribution in [2.75, 3.05) is 6.61 Å². The number of carbonyl (C=O) groups excluding carboxylic acids is 1. The number of hydrogen-bond acceptors (Lipinski definition) is 2. The standard InChI is InChI=1S/C12H24O2/c1-4-7-8-11(5-2)9-10-14-12(13)6-3/h11H,4-10H2,1-3H3. The van der Waals surface area contributed by atoms with Gasteiger partial charge in [-0.15, -0.1) is 0 Å². The van der Waals surface area contributed by atoms with Gasteiger partial charge in [-0.3, -0.25) is 4.79 Å². The third-order valence-electron chi connectivity index (χ3n) is 2.62. The average molecular weight is 200 g/mol. The Morgan fingerprint density at radius 2 is 1.93 bits per heavy atom. The van der Waals surface area contributed by atoms with Gasteiger partial charge in [0.2, 0.25) is 0 Å². The molecular weight excluding hydrogens is 176 g/mol. The lowest BCUT2D eigenvalue weighted by Gasteiger charge is -2.13. The number of ether oxygens (including phenoxy) is 1. The van der Waals surface area contributed by atoms with Gasteiger partial charge in [0.25, 0.3) is 0 Å². The minimum Gasteiger partial charge on any atom is -0.466 e. The van der Waals surface area contributed by atoms with Crippen molar-refractivity contribution in [2.24, 2.45) is 5.92 Å². The molecule has 0 aliphatic carbocycles. The van der Waals surface area contributed by atoms with Gasteiger partial charge in [0.05, 0.1) is 6.61 Å². The van der Waals surface area contributed by atoms with Gasteiger partial charge < -0.3 is 4.74 Å². The van der Waals surface area contributed by atoms with E-state index in [4.69, 9.17) is 4.74 Å². The Hall–Kier alpha value is -0.530. The topological polar surface area (TPSA) is 26.3 Å².